The molecule has 0 N–H and O–H groups in total. The number of aromatic nitrogens is 2. The third-order valence-electron chi connectivity index (χ3n) is 2.65. The molecule has 84 valence electrons. The minimum absolute atomic E-state index is 0.0504. The van der Waals surface area contributed by atoms with Crippen LogP contribution in [-0.2, 0) is 6.54 Å². The average Bonchev–Trinajstić information content (AvgIpc) is 2.83. The zero-order valence-corrected chi connectivity index (χ0v) is 9.85. The van der Waals surface area contributed by atoms with Gasteiger partial charge < -0.3 is 4.57 Å². The van der Waals surface area contributed by atoms with E-state index in [0.29, 0.717) is 6.54 Å². The van der Waals surface area contributed by atoms with Crippen molar-refractivity contribution in [1.82, 2.24) is 9.55 Å². The van der Waals surface area contributed by atoms with Gasteiger partial charge in [0.2, 0.25) is 0 Å². The molecule has 0 fully saturated rings. The quantitative estimate of drug-likeness (QED) is 0.692. The number of hydrogen-bond acceptors (Lipinski definition) is 3. The van der Waals surface area contributed by atoms with Crippen LogP contribution >= 0.6 is 11.3 Å². The number of fused-ring (bicyclic) bond motifs is 1. The van der Waals surface area contributed by atoms with Crippen molar-refractivity contribution in [3.63, 3.8) is 0 Å². The van der Waals surface area contributed by atoms with Crippen molar-refractivity contribution < 1.29 is 0 Å². The zero-order valence-electron chi connectivity index (χ0n) is 9.04. The van der Waals surface area contributed by atoms with Gasteiger partial charge in [0.05, 0.1) is 17.6 Å². The molecular formula is C13H10N2OS. The lowest BCUT2D eigenvalue weighted by Gasteiger charge is -2.04. The van der Waals surface area contributed by atoms with Crippen molar-refractivity contribution in [2.24, 2.45) is 0 Å². The van der Waals surface area contributed by atoms with E-state index in [1.165, 1.54) is 0 Å². The summed E-state index contributed by atoms with van der Waals surface area (Å²) in [5.41, 5.74) is 0.943. The fourth-order valence-electron chi connectivity index (χ4n) is 1.80. The number of rotatable bonds is 2. The van der Waals surface area contributed by atoms with Crippen LogP contribution in [0.5, 0.6) is 0 Å². The molecule has 0 aliphatic rings. The standard InChI is InChI=1S/C13H10N2OS/c16-13-11-5-8-17-12(11)4-7-15(13)9-10-3-1-2-6-14-10/h1-8H,9H2. The van der Waals surface area contributed by atoms with Gasteiger partial charge in [0.25, 0.3) is 5.56 Å². The highest BCUT2D eigenvalue weighted by Gasteiger charge is 2.04. The monoisotopic (exact) mass is 242 g/mol. The van der Waals surface area contributed by atoms with Gasteiger partial charge in [-0.1, -0.05) is 6.07 Å². The third-order valence-corrected chi connectivity index (χ3v) is 3.53. The summed E-state index contributed by atoms with van der Waals surface area (Å²) >= 11 is 1.59. The minimum atomic E-state index is 0.0504. The second-order valence-corrected chi connectivity index (χ2v) is 4.72. The van der Waals surface area contributed by atoms with E-state index in [2.05, 4.69) is 4.98 Å². The number of thiophene rings is 1. The molecule has 0 bridgehead atoms. The Morgan fingerprint density at radius 3 is 3.00 bits per heavy atom. The van der Waals surface area contributed by atoms with Crippen LogP contribution in [0.15, 0.2) is 52.9 Å². The second kappa shape index (κ2) is 4.14. The average molecular weight is 242 g/mol. The molecule has 4 heteroatoms. The van der Waals surface area contributed by atoms with E-state index in [4.69, 9.17) is 0 Å². The summed E-state index contributed by atoms with van der Waals surface area (Å²) in [7, 11) is 0. The molecule has 3 rings (SSSR count). The van der Waals surface area contributed by atoms with Gasteiger partial charge in [0, 0.05) is 17.1 Å². The van der Waals surface area contributed by atoms with Crippen LogP contribution in [-0.4, -0.2) is 9.55 Å². The first-order valence-electron chi connectivity index (χ1n) is 5.31. The number of nitrogens with zero attached hydrogens (tertiary/aromatic N) is 2. The van der Waals surface area contributed by atoms with Gasteiger partial charge in [-0.05, 0) is 29.6 Å². The maximum atomic E-state index is 12.1. The molecule has 0 aliphatic carbocycles. The molecular weight excluding hydrogens is 232 g/mol. The molecule has 3 aromatic rings. The molecule has 0 aromatic carbocycles. The van der Waals surface area contributed by atoms with Crippen molar-refractivity contribution in [3.8, 4) is 0 Å². The molecule has 0 spiro atoms. The summed E-state index contributed by atoms with van der Waals surface area (Å²) in [6.45, 7) is 0.519. The highest BCUT2D eigenvalue weighted by molar-refractivity contribution is 7.17. The summed E-state index contributed by atoms with van der Waals surface area (Å²) in [6.07, 6.45) is 3.57. The predicted octanol–water partition coefficient (Wildman–Crippen LogP) is 2.51. The van der Waals surface area contributed by atoms with Crippen LogP contribution in [0.1, 0.15) is 5.69 Å². The topological polar surface area (TPSA) is 34.9 Å². The van der Waals surface area contributed by atoms with Gasteiger partial charge in [-0.3, -0.25) is 9.78 Å². The third kappa shape index (κ3) is 1.87. The van der Waals surface area contributed by atoms with Gasteiger partial charge in [-0.25, -0.2) is 0 Å². The SMILES string of the molecule is O=c1c2ccsc2ccn1Cc1ccccn1. The van der Waals surface area contributed by atoms with Crippen molar-refractivity contribution >= 4 is 21.4 Å². The molecule has 0 saturated heterocycles. The van der Waals surface area contributed by atoms with Gasteiger partial charge in [0.15, 0.2) is 0 Å². The van der Waals surface area contributed by atoms with E-state index < -0.39 is 0 Å². The van der Waals surface area contributed by atoms with E-state index in [1.54, 1.807) is 22.1 Å². The lowest BCUT2D eigenvalue weighted by molar-refractivity contribution is 0.747. The van der Waals surface area contributed by atoms with Gasteiger partial charge in [0.1, 0.15) is 0 Å². The van der Waals surface area contributed by atoms with E-state index in [0.717, 1.165) is 15.8 Å². The predicted molar refractivity (Wildman–Crippen MR) is 69.4 cm³/mol. The second-order valence-electron chi connectivity index (χ2n) is 3.77. The molecule has 0 atom stereocenters. The number of pyridine rings is 2. The maximum Gasteiger partial charge on any atom is 0.259 e. The largest absolute Gasteiger partial charge is 0.309 e. The lowest BCUT2D eigenvalue weighted by Crippen LogP contribution is -2.19. The zero-order chi connectivity index (χ0) is 11.7. The molecule has 17 heavy (non-hydrogen) atoms. The maximum absolute atomic E-state index is 12.1. The summed E-state index contributed by atoms with van der Waals surface area (Å²) in [6, 6.07) is 9.57. The first-order chi connectivity index (χ1) is 8.34. The molecule has 0 aliphatic heterocycles. The highest BCUT2D eigenvalue weighted by Crippen LogP contribution is 2.16. The Balaban J connectivity index is 2.07. The first-order valence-corrected chi connectivity index (χ1v) is 6.19. The van der Waals surface area contributed by atoms with Crippen LogP contribution in [0.2, 0.25) is 0 Å². The van der Waals surface area contributed by atoms with Gasteiger partial charge >= 0.3 is 0 Å². The molecule has 3 aromatic heterocycles. The molecule has 0 saturated carbocycles. The van der Waals surface area contributed by atoms with Gasteiger partial charge in [-0.15, -0.1) is 11.3 Å². The molecule has 0 amide bonds. The van der Waals surface area contributed by atoms with Crippen LogP contribution < -0.4 is 5.56 Å². The summed E-state index contributed by atoms with van der Waals surface area (Å²) in [4.78, 5) is 16.4. The van der Waals surface area contributed by atoms with E-state index in [9.17, 15) is 4.79 Å². The van der Waals surface area contributed by atoms with Crippen LogP contribution in [0.25, 0.3) is 10.1 Å². The minimum Gasteiger partial charge on any atom is -0.309 e. The Morgan fingerprint density at radius 2 is 2.18 bits per heavy atom. The van der Waals surface area contributed by atoms with Crippen molar-refractivity contribution in [2.75, 3.05) is 0 Å². The van der Waals surface area contributed by atoms with Crippen LogP contribution in [0, 0.1) is 0 Å². The molecule has 0 unspecified atom stereocenters. The highest BCUT2D eigenvalue weighted by atomic mass is 32.1. The van der Waals surface area contributed by atoms with Crippen molar-refractivity contribution in [2.45, 2.75) is 6.54 Å². The van der Waals surface area contributed by atoms with E-state index in [1.807, 2.05) is 41.9 Å². The summed E-state index contributed by atoms with van der Waals surface area (Å²) in [5, 5.41) is 2.73. The normalized spacial score (nSPS) is 10.8. The molecule has 3 nitrogen and oxygen atoms in total. The Labute approximate surface area is 102 Å². The lowest BCUT2D eigenvalue weighted by atomic mass is 10.3. The Bertz CT molecular complexity index is 700. The summed E-state index contributed by atoms with van der Waals surface area (Å²) in [5.74, 6) is 0. The Kier molecular flexibility index (Phi) is 2.49. The molecule has 0 radical (unpaired) electrons. The Hall–Kier alpha value is -1.94. The number of hydrogen-bond donors (Lipinski definition) is 0. The Morgan fingerprint density at radius 1 is 1.24 bits per heavy atom. The first kappa shape index (κ1) is 10.2. The summed E-state index contributed by atoms with van der Waals surface area (Å²) < 4.78 is 2.73. The van der Waals surface area contributed by atoms with Crippen molar-refractivity contribution in [1.29, 1.82) is 0 Å². The van der Waals surface area contributed by atoms with Gasteiger partial charge in [-0.2, -0.15) is 0 Å². The fraction of sp³-hybridized carbons (Fsp3) is 0.0769. The van der Waals surface area contributed by atoms with Crippen LogP contribution in [0.4, 0.5) is 0 Å². The van der Waals surface area contributed by atoms with Crippen molar-refractivity contribution in [3.05, 3.63) is 64.2 Å². The smallest absolute Gasteiger partial charge is 0.259 e. The fourth-order valence-corrected chi connectivity index (χ4v) is 2.57. The van der Waals surface area contributed by atoms with E-state index in [-0.39, 0.29) is 5.56 Å². The van der Waals surface area contributed by atoms with Crippen LogP contribution in [0.3, 0.4) is 0 Å². The van der Waals surface area contributed by atoms with E-state index >= 15 is 0 Å². The molecule has 3 heterocycles.